The van der Waals surface area contributed by atoms with Crippen molar-refractivity contribution in [2.45, 2.75) is 20.0 Å². The third kappa shape index (κ3) is 4.39. The number of aryl methyl sites for hydroxylation is 2. The molecule has 35 heavy (non-hydrogen) atoms. The Hall–Kier alpha value is -4.08. The Morgan fingerprint density at radius 2 is 1.83 bits per heavy atom. The molecule has 4 rings (SSSR count). The largest absolute Gasteiger partial charge is 0.465 e. The first-order valence-electron chi connectivity index (χ1n) is 10.7. The van der Waals surface area contributed by atoms with E-state index in [4.69, 9.17) is 9.47 Å². The molecule has 0 bridgehead atoms. The third-order valence-corrected chi connectivity index (χ3v) is 5.66. The molecular formula is C25H22F3N3O4. The summed E-state index contributed by atoms with van der Waals surface area (Å²) in [4.78, 5) is 28.1. The molecule has 10 heteroatoms. The molecular weight excluding hydrogens is 463 g/mol. The highest BCUT2D eigenvalue weighted by atomic mass is 19.4. The van der Waals surface area contributed by atoms with Gasteiger partial charge in [0, 0.05) is 29.1 Å². The lowest BCUT2D eigenvalue weighted by molar-refractivity contribution is -0.141. The number of hydrogen-bond acceptors (Lipinski definition) is 5. The molecule has 0 saturated carbocycles. The van der Waals surface area contributed by atoms with Crippen molar-refractivity contribution in [3.63, 3.8) is 0 Å². The van der Waals surface area contributed by atoms with Gasteiger partial charge in [-0.1, -0.05) is 12.1 Å². The van der Waals surface area contributed by atoms with E-state index in [-0.39, 0.29) is 17.9 Å². The number of hydrogen-bond donors (Lipinski definition) is 1. The van der Waals surface area contributed by atoms with E-state index in [9.17, 15) is 22.8 Å². The van der Waals surface area contributed by atoms with Gasteiger partial charge in [0.1, 0.15) is 0 Å². The summed E-state index contributed by atoms with van der Waals surface area (Å²) >= 11 is 0. The second-order valence-corrected chi connectivity index (χ2v) is 7.91. The first kappa shape index (κ1) is 24.1. The molecule has 1 N–H and O–H groups in total. The number of alkyl halides is 3. The van der Waals surface area contributed by atoms with E-state index in [1.807, 2.05) is 0 Å². The van der Waals surface area contributed by atoms with Gasteiger partial charge in [0.05, 0.1) is 36.2 Å². The molecule has 7 nitrogen and oxygen atoms in total. The molecule has 2 aromatic carbocycles. The maximum Gasteiger partial charge on any atom is 0.435 e. The number of halogens is 3. The number of rotatable bonds is 5. The Labute approximate surface area is 198 Å². The van der Waals surface area contributed by atoms with Gasteiger partial charge in [-0.05, 0) is 49.7 Å². The van der Waals surface area contributed by atoms with Crippen molar-refractivity contribution in [2.75, 3.05) is 13.7 Å². The lowest BCUT2D eigenvalue weighted by atomic mass is 9.98. The van der Waals surface area contributed by atoms with Crippen molar-refractivity contribution in [3.8, 4) is 22.5 Å². The number of nitrogens with zero attached hydrogens (tertiary/aromatic N) is 2. The number of carbonyl (C=O) groups excluding carboxylic acids is 2. The number of esters is 2. The maximum absolute atomic E-state index is 13.2. The molecule has 0 aliphatic rings. The van der Waals surface area contributed by atoms with Gasteiger partial charge >= 0.3 is 18.1 Å². The molecule has 0 unspecified atom stereocenters. The highest BCUT2D eigenvalue weighted by Gasteiger charge is 2.35. The number of carbonyl (C=O) groups is 2. The maximum atomic E-state index is 13.2. The van der Waals surface area contributed by atoms with Gasteiger partial charge in [-0.15, -0.1) is 0 Å². The van der Waals surface area contributed by atoms with Crippen molar-refractivity contribution in [3.05, 3.63) is 64.8 Å². The molecule has 0 fully saturated rings. The minimum Gasteiger partial charge on any atom is -0.465 e. The Kier molecular flexibility index (Phi) is 6.14. The number of methoxy groups -OCH3 is 1. The number of H-pyrrole nitrogens is 1. The van der Waals surface area contributed by atoms with Crippen LogP contribution in [-0.4, -0.2) is 40.4 Å². The third-order valence-electron chi connectivity index (χ3n) is 5.66. The summed E-state index contributed by atoms with van der Waals surface area (Å²) < 4.78 is 50.7. The second kappa shape index (κ2) is 8.94. The molecule has 182 valence electrons. The van der Waals surface area contributed by atoms with Crippen LogP contribution in [0.5, 0.6) is 0 Å². The van der Waals surface area contributed by atoms with Gasteiger partial charge in [0.25, 0.3) is 0 Å². The first-order valence-corrected chi connectivity index (χ1v) is 10.7. The molecule has 0 amide bonds. The predicted molar refractivity (Wildman–Crippen MR) is 123 cm³/mol. The molecule has 0 aliphatic carbocycles. The standard InChI is InChI=1S/C25H22F3N3O4/c1-5-35-24(33)21-17-11-14(19-12-20(25(26,27)28)30-31(19)3)7-9-18(17)29-22(21)16-8-6-15(10-13(16)2)23(32)34-4/h6-12,29H,5H2,1-4H3. The van der Waals surface area contributed by atoms with Crippen molar-refractivity contribution < 1.29 is 32.2 Å². The molecule has 0 aliphatic heterocycles. The van der Waals surface area contributed by atoms with E-state index < -0.39 is 23.8 Å². The normalized spacial score (nSPS) is 11.6. The minimum atomic E-state index is -4.58. The highest BCUT2D eigenvalue weighted by Crippen LogP contribution is 2.37. The van der Waals surface area contributed by atoms with Crippen molar-refractivity contribution in [2.24, 2.45) is 7.05 Å². The monoisotopic (exact) mass is 485 g/mol. The second-order valence-electron chi connectivity index (χ2n) is 7.91. The van der Waals surface area contributed by atoms with Crippen LogP contribution in [0.25, 0.3) is 33.4 Å². The van der Waals surface area contributed by atoms with E-state index in [1.165, 1.54) is 14.2 Å². The van der Waals surface area contributed by atoms with Gasteiger partial charge in [-0.3, -0.25) is 4.68 Å². The van der Waals surface area contributed by atoms with Crippen molar-refractivity contribution >= 4 is 22.8 Å². The van der Waals surface area contributed by atoms with Gasteiger partial charge in [0.2, 0.25) is 0 Å². The Balaban J connectivity index is 1.91. The van der Waals surface area contributed by atoms with E-state index >= 15 is 0 Å². The Morgan fingerprint density at radius 3 is 2.43 bits per heavy atom. The average Bonchev–Trinajstić information content (AvgIpc) is 3.38. The van der Waals surface area contributed by atoms with Crippen LogP contribution >= 0.6 is 0 Å². The molecule has 0 atom stereocenters. The van der Waals surface area contributed by atoms with Crippen LogP contribution < -0.4 is 0 Å². The summed E-state index contributed by atoms with van der Waals surface area (Å²) in [5.41, 5.74) is 2.76. The predicted octanol–water partition coefficient (Wildman–Crippen LogP) is 5.53. The smallest absolute Gasteiger partial charge is 0.435 e. The zero-order chi connectivity index (χ0) is 25.5. The number of aromatic nitrogens is 3. The number of ether oxygens (including phenoxy) is 2. The lowest BCUT2D eigenvalue weighted by Gasteiger charge is -2.09. The van der Waals surface area contributed by atoms with Crippen LogP contribution in [-0.2, 0) is 22.7 Å². The molecule has 4 aromatic rings. The Morgan fingerprint density at radius 1 is 1.09 bits per heavy atom. The van der Waals surface area contributed by atoms with Crippen LogP contribution in [0.4, 0.5) is 13.2 Å². The topological polar surface area (TPSA) is 86.2 Å². The molecule has 2 heterocycles. The van der Waals surface area contributed by atoms with Crippen LogP contribution in [0, 0.1) is 6.92 Å². The van der Waals surface area contributed by atoms with E-state index in [2.05, 4.69) is 10.1 Å². The summed E-state index contributed by atoms with van der Waals surface area (Å²) in [7, 11) is 2.72. The summed E-state index contributed by atoms with van der Waals surface area (Å²) in [6.07, 6.45) is -4.58. The fourth-order valence-corrected chi connectivity index (χ4v) is 4.03. The van der Waals surface area contributed by atoms with Gasteiger partial charge in [-0.25, -0.2) is 9.59 Å². The summed E-state index contributed by atoms with van der Waals surface area (Å²) in [5.74, 6) is -1.07. The summed E-state index contributed by atoms with van der Waals surface area (Å²) in [6, 6.07) is 10.9. The van der Waals surface area contributed by atoms with Gasteiger partial charge < -0.3 is 14.5 Å². The van der Waals surface area contributed by atoms with Crippen molar-refractivity contribution in [1.29, 1.82) is 0 Å². The van der Waals surface area contributed by atoms with Crippen LogP contribution in [0.3, 0.4) is 0 Å². The molecule has 0 spiro atoms. The SMILES string of the molecule is CCOC(=O)c1c(-c2ccc(C(=O)OC)cc2C)[nH]c2ccc(-c3cc(C(F)(F)F)nn3C)cc12. The zero-order valence-electron chi connectivity index (χ0n) is 19.4. The fourth-order valence-electron chi connectivity index (χ4n) is 4.03. The number of fused-ring (bicyclic) bond motifs is 1. The van der Waals surface area contributed by atoms with Crippen LogP contribution in [0.15, 0.2) is 42.5 Å². The minimum absolute atomic E-state index is 0.140. The quantitative estimate of drug-likeness (QED) is 0.376. The lowest BCUT2D eigenvalue weighted by Crippen LogP contribution is -2.06. The molecule has 0 radical (unpaired) electrons. The van der Waals surface area contributed by atoms with Crippen LogP contribution in [0.2, 0.25) is 0 Å². The summed E-state index contributed by atoms with van der Waals surface area (Å²) in [5, 5.41) is 4.06. The zero-order valence-corrected chi connectivity index (χ0v) is 19.4. The van der Waals surface area contributed by atoms with E-state index in [1.54, 1.807) is 50.2 Å². The number of nitrogens with one attached hydrogen (secondary N) is 1. The first-order chi connectivity index (χ1) is 16.5. The highest BCUT2D eigenvalue weighted by molar-refractivity contribution is 6.11. The average molecular weight is 485 g/mol. The molecule has 2 aromatic heterocycles. The van der Waals surface area contributed by atoms with Gasteiger partial charge in [0.15, 0.2) is 5.69 Å². The molecule has 0 saturated heterocycles. The summed E-state index contributed by atoms with van der Waals surface area (Å²) in [6.45, 7) is 3.62. The number of aromatic amines is 1. The number of benzene rings is 2. The van der Waals surface area contributed by atoms with Crippen LogP contribution in [0.1, 0.15) is 38.9 Å². The van der Waals surface area contributed by atoms with E-state index in [0.29, 0.717) is 38.9 Å². The Bertz CT molecular complexity index is 1450. The fraction of sp³-hybridized carbons (Fsp3) is 0.240. The van der Waals surface area contributed by atoms with Gasteiger partial charge in [-0.2, -0.15) is 18.3 Å². The van der Waals surface area contributed by atoms with Crippen molar-refractivity contribution in [1.82, 2.24) is 14.8 Å². The van der Waals surface area contributed by atoms with E-state index in [0.717, 1.165) is 10.7 Å².